The minimum absolute atomic E-state index is 0.436. The maximum atomic E-state index is 2.73. The molecule has 0 bridgehead atoms. The zero-order valence-electron chi connectivity index (χ0n) is 25.1. The Labute approximate surface area is 210 Å². The lowest BCUT2D eigenvalue weighted by atomic mass is 9.84. The predicted octanol–water partition coefficient (Wildman–Crippen LogP) is 8.17. The van der Waals surface area contributed by atoms with Gasteiger partial charge in [0.25, 0.3) is 0 Å². The molecular weight excluding hydrogens is 402 g/mol. The van der Waals surface area contributed by atoms with Gasteiger partial charge < -0.3 is 0 Å². The van der Waals surface area contributed by atoms with Crippen LogP contribution in [-0.4, -0.2) is 54.3 Å². The van der Waals surface area contributed by atoms with E-state index in [0.29, 0.717) is 16.2 Å². The van der Waals surface area contributed by atoms with E-state index in [2.05, 4.69) is 97.8 Å². The van der Waals surface area contributed by atoms with E-state index in [-0.39, 0.29) is 0 Å². The fourth-order valence-electron chi connectivity index (χ4n) is 6.06. The first-order valence-corrected chi connectivity index (χ1v) is 14.1. The molecule has 0 N–H and O–H groups in total. The summed E-state index contributed by atoms with van der Waals surface area (Å²) in [6, 6.07) is 0. The van der Waals surface area contributed by atoms with E-state index in [0.717, 1.165) is 37.8 Å². The highest BCUT2D eigenvalue weighted by Gasteiger charge is 2.26. The molecule has 1 saturated heterocycles. The van der Waals surface area contributed by atoms with Gasteiger partial charge in [-0.15, -0.1) is 0 Å². The second kappa shape index (κ2) is 13.3. The van der Waals surface area contributed by atoms with Crippen LogP contribution < -0.4 is 0 Å². The molecule has 1 fully saturated rings. The van der Waals surface area contributed by atoms with Gasteiger partial charge in [-0.1, -0.05) is 83.1 Å². The van der Waals surface area contributed by atoms with Crippen LogP contribution in [0.2, 0.25) is 0 Å². The topological polar surface area (TPSA) is 9.72 Å². The first-order valence-electron chi connectivity index (χ1n) is 14.1. The normalized spacial score (nSPS) is 20.7. The summed E-state index contributed by atoms with van der Waals surface area (Å²) >= 11 is 0. The van der Waals surface area contributed by atoms with E-state index < -0.39 is 0 Å². The van der Waals surface area contributed by atoms with Crippen molar-refractivity contribution in [2.75, 3.05) is 39.6 Å². The van der Waals surface area contributed by atoms with Crippen molar-refractivity contribution in [2.24, 2.45) is 34.0 Å². The van der Waals surface area contributed by atoms with Crippen molar-refractivity contribution in [3.05, 3.63) is 0 Å². The summed E-state index contributed by atoms with van der Waals surface area (Å²) in [4.78, 5) is 8.18. The lowest BCUT2D eigenvalue weighted by Crippen LogP contribution is -2.55. The predicted molar refractivity (Wildman–Crippen MR) is 148 cm³/mol. The molecule has 3 atom stereocenters. The summed E-state index contributed by atoms with van der Waals surface area (Å²) in [7, 11) is 0. The summed E-state index contributed by atoms with van der Waals surface area (Å²) in [6.45, 7) is 35.9. The van der Waals surface area contributed by atoms with Crippen LogP contribution in [0.3, 0.4) is 0 Å². The van der Waals surface area contributed by atoms with Gasteiger partial charge in [-0.2, -0.15) is 0 Å². The summed E-state index contributed by atoms with van der Waals surface area (Å²) in [6.07, 6.45) is 7.92. The molecule has 0 aromatic heterocycles. The van der Waals surface area contributed by atoms with Crippen LogP contribution >= 0.6 is 0 Å². The molecule has 0 aromatic carbocycles. The van der Waals surface area contributed by atoms with Crippen molar-refractivity contribution >= 4 is 0 Å². The molecule has 0 saturated carbocycles. The molecule has 33 heavy (non-hydrogen) atoms. The number of rotatable bonds is 12. The first kappa shape index (κ1) is 30.9. The number of hydrogen-bond donors (Lipinski definition) is 0. The molecule has 0 aromatic rings. The maximum absolute atomic E-state index is 2.73. The summed E-state index contributed by atoms with van der Waals surface area (Å²) in [5, 5.41) is 0. The largest absolute Gasteiger partial charge is 0.277 e. The van der Waals surface area contributed by atoms with Gasteiger partial charge in [0.1, 0.15) is 0 Å². The summed E-state index contributed by atoms with van der Waals surface area (Å²) in [5.74, 6) is 2.40. The van der Waals surface area contributed by atoms with Crippen molar-refractivity contribution in [1.29, 1.82) is 0 Å². The Bertz CT molecular complexity index is 440. The van der Waals surface area contributed by atoms with Crippen LogP contribution in [0.15, 0.2) is 0 Å². The van der Waals surface area contributed by atoms with E-state index in [9.17, 15) is 0 Å². The zero-order chi connectivity index (χ0) is 25.4. The average Bonchev–Trinajstić information content (AvgIpc) is 2.59. The molecule has 0 aliphatic carbocycles. The summed E-state index contributed by atoms with van der Waals surface area (Å²) < 4.78 is 0. The van der Waals surface area contributed by atoms with Gasteiger partial charge in [0, 0.05) is 19.6 Å². The monoisotopic (exact) mass is 466 g/mol. The van der Waals surface area contributed by atoms with E-state index in [1.165, 1.54) is 58.2 Å². The highest BCUT2D eigenvalue weighted by molar-refractivity contribution is 4.75. The van der Waals surface area contributed by atoms with Crippen molar-refractivity contribution in [2.45, 2.75) is 122 Å². The minimum Gasteiger partial charge on any atom is -0.277 e. The Hall–Kier alpha value is -0.120. The van der Waals surface area contributed by atoms with E-state index in [4.69, 9.17) is 0 Å². The van der Waals surface area contributed by atoms with Gasteiger partial charge in [-0.3, -0.25) is 14.7 Å². The van der Waals surface area contributed by atoms with Gasteiger partial charge in [0.2, 0.25) is 0 Å². The Kier molecular flexibility index (Phi) is 12.4. The Balaban J connectivity index is 2.65. The van der Waals surface area contributed by atoms with Gasteiger partial charge in [0.05, 0.1) is 20.0 Å². The van der Waals surface area contributed by atoms with E-state index in [1.807, 2.05) is 0 Å². The van der Waals surface area contributed by atoms with Crippen LogP contribution in [0, 0.1) is 34.0 Å². The molecule has 3 nitrogen and oxygen atoms in total. The van der Waals surface area contributed by atoms with Crippen LogP contribution in [0.5, 0.6) is 0 Å². The first-order chi connectivity index (χ1) is 14.9. The molecule has 1 aliphatic heterocycles. The quantitative estimate of drug-likeness (QED) is 0.288. The Morgan fingerprint density at radius 1 is 0.455 bits per heavy atom. The molecule has 1 rings (SSSR count). The third-order valence-corrected chi connectivity index (χ3v) is 6.90. The maximum Gasteiger partial charge on any atom is 0.0529 e. The number of nitrogens with zero attached hydrogens (tertiary/aromatic N) is 3. The smallest absolute Gasteiger partial charge is 0.0529 e. The number of hydrogen-bond acceptors (Lipinski definition) is 3. The molecule has 0 spiro atoms. The third kappa shape index (κ3) is 16.2. The fraction of sp³-hybridized carbons (Fsp3) is 1.00. The Morgan fingerprint density at radius 3 is 0.848 bits per heavy atom. The van der Waals surface area contributed by atoms with Crippen LogP contribution in [0.25, 0.3) is 0 Å². The van der Waals surface area contributed by atoms with Crippen molar-refractivity contribution in [3.8, 4) is 0 Å². The van der Waals surface area contributed by atoms with Gasteiger partial charge in [0.15, 0.2) is 0 Å². The Morgan fingerprint density at radius 2 is 0.667 bits per heavy atom. The molecule has 1 aliphatic rings. The van der Waals surface area contributed by atoms with E-state index in [1.54, 1.807) is 0 Å². The highest BCUT2D eigenvalue weighted by atomic mass is 15.5. The van der Waals surface area contributed by atoms with Crippen LogP contribution in [0.1, 0.15) is 122 Å². The molecule has 0 amide bonds. The average molecular weight is 466 g/mol. The lowest BCUT2D eigenvalue weighted by molar-refractivity contribution is -0.0361. The lowest BCUT2D eigenvalue weighted by Gasteiger charge is -2.43. The van der Waals surface area contributed by atoms with Gasteiger partial charge in [-0.05, 0) is 72.5 Å². The molecule has 1 heterocycles. The van der Waals surface area contributed by atoms with Crippen molar-refractivity contribution in [1.82, 2.24) is 14.7 Å². The third-order valence-electron chi connectivity index (χ3n) is 6.90. The standard InChI is InChI=1S/C30H63N3/c1-25(19-28(4,5)6)13-16-31-22-32(17-14-26(2)20-29(7,8)9)24-33(23-31)18-15-27(3)21-30(10,11)12/h25-27H,13-24H2,1-12H3/t25-,26-,27+/m1/s1. The van der Waals surface area contributed by atoms with Crippen LogP contribution in [-0.2, 0) is 0 Å². The second-order valence-electron chi connectivity index (χ2n) is 15.6. The molecule has 198 valence electrons. The highest BCUT2D eigenvalue weighted by Crippen LogP contribution is 2.29. The van der Waals surface area contributed by atoms with Crippen LogP contribution in [0.4, 0.5) is 0 Å². The van der Waals surface area contributed by atoms with Gasteiger partial charge in [-0.25, -0.2) is 0 Å². The summed E-state index contributed by atoms with van der Waals surface area (Å²) in [5.41, 5.74) is 1.31. The molecule has 3 heteroatoms. The SMILES string of the molecule is C[C@H](CCN1CN(CC[C@@H](C)CC(C)(C)C)CN(CC[C@H](C)CC(C)(C)C)C1)CC(C)(C)C. The molecule has 0 unspecified atom stereocenters. The van der Waals surface area contributed by atoms with Crippen molar-refractivity contribution in [3.63, 3.8) is 0 Å². The minimum atomic E-state index is 0.436. The molecular formula is C30H63N3. The zero-order valence-corrected chi connectivity index (χ0v) is 25.1. The molecule has 0 radical (unpaired) electrons. The fourth-order valence-corrected chi connectivity index (χ4v) is 6.06. The van der Waals surface area contributed by atoms with Gasteiger partial charge >= 0.3 is 0 Å². The van der Waals surface area contributed by atoms with Crippen molar-refractivity contribution < 1.29 is 0 Å². The second-order valence-corrected chi connectivity index (χ2v) is 15.6. The van der Waals surface area contributed by atoms with E-state index >= 15 is 0 Å².